The van der Waals surface area contributed by atoms with Crippen LogP contribution in [0.25, 0.3) is 0 Å². The molecule has 0 atom stereocenters. The average Bonchev–Trinajstić information content (AvgIpc) is 3.17. The van der Waals surface area contributed by atoms with Crippen LogP contribution in [0.2, 0.25) is 5.02 Å². The van der Waals surface area contributed by atoms with Crippen LogP contribution in [0.5, 0.6) is 0 Å². The Bertz CT molecular complexity index is 1010. The lowest BCUT2D eigenvalue weighted by atomic mass is 9.85. The lowest BCUT2D eigenvalue weighted by Gasteiger charge is -2.47. The minimum Gasteiger partial charge on any atom is -0.300 e. The van der Waals surface area contributed by atoms with E-state index in [2.05, 4.69) is 16.3 Å². The molecule has 4 rings (SSSR count). The van der Waals surface area contributed by atoms with Gasteiger partial charge in [0.05, 0.1) is 0 Å². The van der Waals surface area contributed by atoms with Crippen LogP contribution in [0.15, 0.2) is 60.0 Å². The highest BCUT2D eigenvalue weighted by Crippen LogP contribution is 2.43. The Hall–Kier alpha value is -2.21. The van der Waals surface area contributed by atoms with Crippen molar-refractivity contribution in [1.29, 1.82) is 0 Å². The third-order valence-corrected chi connectivity index (χ3v) is 7.14. The molecule has 0 N–H and O–H groups in total. The van der Waals surface area contributed by atoms with Gasteiger partial charge in [-0.25, -0.2) is 4.98 Å². The standard InChI is InChI=1S/C24H26ClN3OS/c1-18-17-30-23(26-18)24(28(19(2)29)22-9-4-3-5-10-22)11-13-27(14-12-24)16-20-7-6-8-21(25)15-20/h3-10,15,17H,11-14,16H2,1-2H3. The quantitative estimate of drug-likeness (QED) is 0.515. The smallest absolute Gasteiger partial charge is 0.224 e. The summed E-state index contributed by atoms with van der Waals surface area (Å²) < 4.78 is 0. The van der Waals surface area contributed by atoms with Gasteiger partial charge < -0.3 is 0 Å². The van der Waals surface area contributed by atoms with E-state index in [1.54, 1.807) is 18.3 Å². The van der Waals surface area contributed by atoms with E-state index in [1.165, 1.54) is 5.56 Å². The molecule has 1 aliphatic rings. The van der Waals surface area contributed by atoms with Gasteiger partial charge in [-0.2, -0.15) is 0 Å². The molecule has 1 aromatic heterocycles. The largest absolute Gasteiger partial charge is 0.300 e. The average molecular weight is 440 g/mol. The topological polar surface area (TPSA) is 36.4 Å². The Morgan fingerprint density at radius 3 is 2.50 bits per heavy atom. The van der Waals surface area contributed by atoms with Crippen molar-refractivity contribution < 1.29 is 4.79 Å². The maximum absolute atomic E-state index is 12.9. The number of halogens is 1. The molecule has 0 radical (unpaired) electrons. The van der Waals surface area contributed by atoms with Gasteiger partial charge in [0.1, 0.15) is 10.5 Å². The van der Waals surface area contributed by atoms with E-state index in [0.717, 1.165) is 53.9 Å². The number of para-hydroxylation sites is 1. The molecule has 30 heavy (non-hydrogen) atoms. The van der Waals surface area contributed by atoms with Gasteiger partial charge in [0, 0.05) is 48.3 Å². The lowest BCUT2D eigenvalue weighted by molar-refractivity contribution is -0.118. The summed E-state index contributed by atoms with van der Waals surface area (Å²) in [5.41, 5.74) is 2.73. The summed E-state index contributed by atoms with van der Waals surface area (Å²) in [5.74, 6) is 0.0531. The first-order valence-corrected chi connectivity index (χ1v) is 11.5. The van der Waals surface area contributed by atoms with Crippen molar-refractivity contribution >= 4 is 34.5 Å². The van der Waals surface area contributed by atoms with Crippen LogP contribution in [0.1, 0.15) is 36.0 Å². The number of thiazole rings is 1. The van der Waals surface area contributed by atoms with Crippen molar-refractivity contribution in [2.45, 2.75) is 38.8 Å². The number of carbonyl (C=O) groups is 1. The van der Waals surface area contributed by atoms with E-state index in [1.807, 2.05) is 60.4 Å². The van der Waals surface area contributed by atoms with Crippen LogP contribution in [-0.4, -0.2) is 28.9 Å². The SMILES string of the molecule is CC(=O)N(c1ccccc1)C1(c2nc(C)cs2)CCN(Cc2cccc(Cl)c2)CC1. The van der Waals surface area contributed by atoms with Gasteiger partial charge in [-0.05, 0) is 49.6 Å². The van der Waals surface area contributed by atoms with Crippen molar-refractivity contribution in [2.24, 2.45) is 0 Å². The highest BCUT2D eigenvalue weighted by Gasteiger charge is 2.45. The number of amides is 1. The maximum atomic E-state index is 12.9. The zero-order valence-corrected chi connectivity index (χ0v) is 18.9. The maximum Gasteiger partial charge on any atom is 0.224 e. The van der Waals surface area contributed by atoms with Crippen molar-refractivity contribution in [1.82, 2.24) is 9.88 Å². The number of likely N-dealkylation sites (tertiary alicyclic amines) is 1. The predicted octanol–water partition coefficient (Wildman–Crippen LogP) is 5.65. The molecule has 0 spiro atoms. The third-order valence-electron chi connectivity index (χ3n) is 5.75. The normalized spacial score (nSPS) is 16.4. The second-order valence-electron chi connectivity index (χ2n) is 7.92. The van der Waals surface area contributed by atoms with Gasteiger partial charge in [0.25, 0.3) is 0 Å². The number of anilines is 1. The first-order chi connectivity index (χ1) is 14.5. The summed E-state index contributed by atoms with van der Waals surface area (Å²) in [6, 6.07) is 18.0. The Balaban J connectivity index is 1.64. The van der Waals surface area contributed by atoms with Gasteiger partial charge >= 0.3 is 0 Å². The molecule has 0 aliphatic carbocycles. The minimum absolute atomic E-state index is 0.0531. The van der Waals surface area contributed by atoms with Gasteiger partial charge in [0.15, 0.2) is 0 Å². The molecule has 0 saturated carbocycles. The van der Waals surface area contributed by atoms with E-state index in [4.69, 9.17) is 16.6 Å². The Morgan fingerprint density at radius 2 is 1.90 bits per heavy atom. The van der Waals surface area contributed by atoms with E-state index in [0.29, 0.717) is 0 Å². The highest BCUT2D eigenvalue weighted by molar-refractivity contribution is 7.09. The van der Waals surface area contributed by atoms with Crippen LogP contribution >= 0.6 is 22.9 Å². The summed E-state index contributed by atoms with van der Waals surface area (Å²) in [6.07, 6.45) is 1.68. The van der Waals surface area contributed by atoms with Crippen LogP contribution < -0.4 is 4.90 Å². The van der Waals surface area contributed by atoms with Crippen LogP contribution in [0.3, 0.4) is 0 Å². The fourth-order valence-electron chi connectivity index (χ4n) is 4.38. The summed E-state index contributed by atoms with van der Waals surface area (Å²) in [4.78, 5) is 22.2. The van der Waals surface area contributed by atoms with E-state index in [9.17, 15) is 4.79 Å². The Morgan fingerprint density at radius 1 is 1.17 bits per heavy atom. The van der Waals surface area contributed by atoms with Crippen LogP contribution in [-0.2, 0) is 16.9 Å². The number of aromatic nitrogens is 1. The first kappa shape index (κ1) is 21.0. The summed E-state index contributed by atoms with van der Waals surface area (Å²) in [5, 5.41) is 3.88. The molecule has 0 bridgehead atoms. The molecule has 0 unspecified atom stereocenters. The van der Waals surface area contributed by atoms with Gasteiger partial charge in [0.2, 0.25) is 5.91 Å². The van der Waals surface area contributed by atoms with Crippen molar-refractivity contribution in [3.8, 4) is 0 Å². The van der Waals surface area contributed by atoms with E-state index >= 15 is 0 Å². The minimum atomic E-state index is -0.420. The van der Waals surface area contributed by atoms with Crippen molar-refractivity contribution in [2.75, 3.05) is 18.0 Å². The highest BCUT2D eigenvalue weighted by atomic mass is 35.5. The molecule has 1 saturated heterocycles. The van der Waals surface area contributed by atoms with Crippen molar-refractivity contribution in [3.63, 3.8) is 0 Å². The molecule has 4 nitrogen and oxygen atoms in total. The third kappa shape index (κ3) is 4.29. The number of hydrogen-bond acceptors (Lipinski definition) is 4. The van der Waals surface area contributed by atoms with Gasteiger partial charge in [-0.3, -0.25) is 14.6 Å². The number of hydrogen-bond donors (Lipinski definition) is 0. The number of carbonyl (C=O) groups excluding carboxylic acids is 1. The molecule has 156 valence electrons. The van der Waals surface area contributed by atoms with Gasteiger partial charge in [-0.15, -0.1) is 11.3 Å². The molecule has 2 aromatic carbocycles. The van der Waals surface area contributed by atoms with E-state index < -0.39 is 5.54 Å². The second-order valence-corrected chi connectivity index (χ2v) is 9.22. The molecule has 1 fully saturated rings. The number of benzene rings is 2. The fraction of sp³-hybridized carbons (Fsp3) is 0.333. The van der Waals surface area contributed by atoms with E-state index in [-0.39, 0.29) is 5.91 Å². The molecular formula is C24H26ClN3OS. The molecule has 3 aromatic rings. The first-order valence-electron chi connectivity index (χ1n) is 10.2. The van der Waals surface area contributed by atoms with Crippen LogP contribution in [0, 0.1) is 6.92 Å². The summed E-state index contributed by atoms with van der Waals surface area (Å²) >= 11 is 7.83. The molecule has 1 amide bonds. The summed E-state index contributed by atoms with van der Waals surface area (Å²) in [7, 11) is 0. The number of piperidine rings is 1. The number of rotatable bonds is 5. The zero-order chi connectivity index (χ0) is 21.1. The second kappa shape index (κ2) is 8.88. The molecule has 6 heteroatoms. The molecule has 1 aliphatic heterocycles. The monoisotopic (exact) mass is 439 g/mol. The predicted molar refractivity (Wildman–Crippen MR) is 124 cm³/mol. The lowest BCUT2D eigenvalue weighted by Crippen LogP contribution is -2.55. The van der Waals surface area contributed by atoms with Crippen LogP contribution in [0.4, 0.5) is 5.69 Å². The summed E-state index contributed by atoms with van der Waals surface area (Å²) in [6.45, 7) is 6.32. The van der Waals surface area contributed by atoms with Gasteiger partial charge in [-0.1, -0.05) is 41.9 Å². The van der Waals surface area contributed by atoms with Crippen molar-refractivity contribution in [3.05, 3.63) is 81.3 Å². The number of nitrogens with zero attached hydrogens (tertiary/aromatic N) is 3. The zero-order valence-electron chi connectivity index (χ0n) is 17.3. The Labute approximate surface area is 187 Å². The fourth-order valence-corrected chi connectivity index (χ4v) is 5.64. The number of aryl methyl sites for hydroxylation is 1. The Kier molecular flexibility index (Phi) is 6.23. The molecule has 2 heterocycles. The molecular weight excluding hydrogens is 414 g/mol.